The summed E-state index contributed by atoms with van der Waals surface area (Å²) in [5, 5.41) is 9.39. The summed E-state index contributed by atoms with van der Waals surface area (Å²) in [7, 11) is 0. The third-order valence-corrected chi connectivity index (χ3v) is 4.92. The highest BCUT2D eigenvalue weighted by Gasteiger charge is 2.23. The van der Waals surface area contributed by atoms with Crippen LogP contribution in [0.4, 0.5) is 0 Å². The van der Waals surface area contributed by atoms with Crippen LogP contribution in [0.15, 0.2) is 48.5 Å². The number of phenolic OH excluding ortho intramolecular Hbond substituents is 1. The predicted octanol–water partition coefficient (Wildman–Crippen LogP) is 4.04. The molecule has 0 aliphatic carbocycles. The lowest BCUT2D eigenvalue weighted by Crippen LogP contribution is -2.38. The average molecular weight is 323 g/mol. The number of aromatic hydroxyl groups is 1. The number of nitrogens with zero attached hydrogens (tertiary/aromatic N) is 1. The molecular weight excluding hydrogens is 298 g/mol. The van der Waals surface area contributed by atoms with E-state index in [1.807, 2.05) is 17.0 Å². The molecule has 1 saturated heterocycles. The standard InChI is InChI=1S/C21H25NO2/c1-16-3-2-4-17(15-16)5-10-21(24)22-13-11-19(12-14-22)18-6-8-20(23)9-7-18/h2-4,6-9,15,19,23H,5,10-14H2,1H3. The summed E-state index contributed by atoms with van der Waals surface area (Å²) in [6, 6.07) is 15.9. The van der Waals surface area contributed by atoms with Crippen LogP contribution in [-0.4, -0.2) is 29.0 Å². The molecule has 1 N–H and O–H groups in total. The number of carbonyl (C=O) groups excluding carboxylic acids is 1. The fraction of sp³-hybridized carbons (Fsp3) is 0.381. The van der Waals surface area contributed by atoms with Gasteiger partial charge in [-0.2, -0.15) is 0 Å². The number of phenols is 1. The van der Waals surface area contributed by atoms with Gasteiger partial charge >= 0.3 is 0 Å². The number of benzene rings is 2. The smallest absolute Gasteiger partial charge is 0.222 e. The van der Waals surface area contributed by atoms with E-state index < -0.39 is 0 Å². The second kappa shape index (κ2) is 7.52. The Morgan fingerprint density at radius 3 is 2.50 bits per heavy atom. The molecule has 0 aromatic heterocycles. The first-order valence-corrected chi connectivity index (χ1v) is 8.74. The van der Waals surface area contributed by atoms with Gasteiger partial charge in [0.1, 0.15) is 5.75 Å². The van der Waals surface area contributed by atoms with E-state index >= 15 is 0 Å². The zero-order valence-corrected chi connectivity index (χ0v) is 14.2. The van der Waals surface area contributed by atoms with Gasteiger partial charge in [0.25, 0.3) is 0 Å². The predicted molar refractivity (Wildman–Crippen MR) is 96.2 cm³/mol. The normalized spacial score (nSPS) is 15.5. The van der Waals surface area contributed by atoms with Crippen LogP contribution in [0.1, 0.15) is 41.9 Å². The lowest BCUT2D eigenvalue weighted by atomic mass is 9.89. The fourth-order valence-corrected chi connectivity index (χ4v) is 3.49. The van der Waals surface area contributed by atoms with Crippen molar-refractivity contribution in [1.29, 1.82) is 0 Å². The Bertz CT molecular complexity index is 685. The third kappa shape index (κ3) is 4.16. The molecule has 0 unspecified atom stereocenters. The first-order valence-electron chi connectivity index (χ1n) is 8.74. The van der Waals surface area contributed by atoms with E-state index in [4.69, 9.17) is 0 Å². The van der Waals surface area contributed by atoms with Crippen molar-refractivity contribution in [2.75, 3.05) is 13.1 Å². The minimum absolute atomic E-state index is 0.265. The summed E-state index contributed by atoms with van der Waals surface area (Å²) in [5.41, 5.74) is 3.75. The van der Waals surface area contributed by atoms with E-state index in [0.717, 1.165) is 32.4 Å². The van der Waals surface area contributed by atoms with E-state index in [0.29, 0.717) is 18.1 Å². The van der Waals surface area contributed by atoms with Crippen molar-refractivity contribution in [3.63, 3.8) is 0 Å². The summed E-state index contributed by atoms with van der Waals surface area (Å²) < 4.78 is 0. The molecule has 3 rings (SSSR count). The SMILES string of the molecule is Cc1cccc(CCC(=O)N2CCC(c3ccc(O)cc3)CC2)c1. The fourth-order valence-electron chi connectivity index (χ4n) is 3.49. The lowest BCUT2D eigenvalue weighted by molar-refractivity contribution is -0.132. The van der Waals surface area contributed by atoms with Gasteiger partial charge in [0, 0.05) is 19.5 Å². The van der Waals surface area contributed by atoms with Crippen molar-refractivity contribution in [1.82, 2.24) is 4.90 Å². The summed E-state index contributed by atoms with van der Waals surface area (Å²) in [6.45, 7) is 3.75. The molecule has 1 aliphatic heterocycles. The quantitative estimate of drug-likeness (QED) is 0.922. The van der Waals surface area contributed by atoms with Crippen molar-refractivity contribution in [2.24, 2.45) is 0 Å². The number of likely N-dealkylation sites (tertiary alicyclic amines) is 1. The molecule has 0 atom stereocenters. The zero-order valence-electron chi connectivity index (χ0n) is 14.2. The van der Waals surface area contributed by atoms with Crippen LogP contribution >= 0.6 is 0 Å². The van der Waals surface area contributed by atoms with Crippen LogP contribution < -0.4 is 0 Å². The van der Waals surface area contributed by atoms with Crippen LogP contribution in [0.25, 0.3) is 0 Å². The molecule has 0 bridgehead atoms. The Morgan fingerprint density at radius 1 is 1.12 bits per heavy atom. The number of aryl methyl sites for hydroxylation is 2. The molecule has 2 aromatic rings. The molecule has 1 heterocycles. The number of hydrogen-bond donors (Lipinski definition) is 1. The van der Waals surface area contributed by atoms with Crippen molar-refractivity contribution in [3.05, 3.63) is 65.2 Å². The first-order chi connectivity index (χ1) is 11.6. The number of piperidine rings is 1. The second-order valence-corrected chi connectivity index (χ2v) is 6.74. The van der Waals surface area contributed by atoms with Crippen molar-refractivity contribution >= 4 is 5.91 Å². The molecule has 2 aromatic carbocycles. The van der Waals surface area contributed by atoms with Gasteiger partial charge in [-0.05, 0) is 55.4 Å². The summed E-state index contributed by atoms with van der Waals surface area (Å²) in [6.07, 6.45) is 3.41. The van der Waals surface area contributed by atoms with Crippen molar-refractivity contribution in [3.8, 4) is 5.75 Å². The van der Waals surface area contributed by atoms with Crippen molar-refractivity contribution in [2.45, 2.75) is 38.5 Å². The van der Waals surface area contributed by atoms with Crippen LogP contribution in [0, 0.1) is 6.92 Å². The molecule has 0 radical (unpaired) electrons. The molecule has 3 heteroatoms. The summed E-state index contributed by atoms with van der Waals surface area (Å²) in [4.78, 5) is 14.4. The molecule has 3 nitrogen and oxygen atoms in total. The van der Waals surface area contributed by atoms with Gasteiger partial charge in [-0.25, -0.2) is 0 Å². The monoisotopic (exact) mass is 323 g/mol. The Morgan fingerprint density at radius 2 is 1.83 bits per heavy atom. The number of carbonyl (C=O) groups is 1. The molecule has 24 heavy (non-hydrogen) atoms. The summed E-state index contributed by atoms with van der Waals surface area (Å²) >= 11 is 0. The number of amides is 1. The second-order valence-electron chi connectivity index (χ2n) is 6.74. The van der Waals surface area contributed by atoms with Crippen LogP contribution in [0.2, 0.25) is 0 Å². The number of rotatable bonds is 4. The molecule has 0 spiro atoms. The molecule has 1 aliphatic rings. The lowest BCUT2D eigenvalue weighted by Gasteiger charge is -2.32. The molecule has 0 saturated carbocycles. The topological polar surface area (TPSA) is 40.5 Å². The largest absolute Gasteiger partial charge is 0.508 e. The maximum absolute atomic E-state index is 12.4. The summed E-state index contributed by atoms with van der Waals surface area (Å²) in [5.74, 6) is 1.06. The van der Waals surface area contributed by atoms with Gasteiger partial charge < -0.3 is 10.0 Å². The molecule has 126 valence electrons. The first kappa shape index (κ1) is 16.6. The molecular formula is C21H25NO2. The molecule has 1 amide bonds. The van der Waals surface area contributed by atoms with Gasteiger partial charge in [0.05, 0.1) is 0 Å². The van der Waals surface area contributed by atoms with E-state index in [-0.39, 0.29) is 5.91 Å². The third-order valence-electron chi connectivity index (χ3n) is 4.92. The highest BCUT2D eigenvalue weighted by Crippen LogP contribution is 2.29. The highest BCUT2D eigenvalue weighted by molar-refractivity contribution is 5.76. The minimum atomic E-state index is 0.265. The Kier molecular flexibility index (Phi) is 5.19. The maximum Gasteiger partial charge on any atom is 0.222 e. The van der Waals surface area contributed by atoms with Gasteiger partial charge in [0.2, 0.25) is 5.91 Å². The average Bonchev–Trinajstić information content (AvgIpc) is 2.61. The van der Waals surface area contributed by atoms with E-state index in [1.165, 1.54) is 16.7 Å². The Hall–Kier alpha value is -2.29. The van der Waals surface area contributed by atoms with E-state index in [1.54, 1.807) is 12.1 Å². The van der Waals surface area contributed by atoms with E-state index in [9.17, 15) is 9.90 Å². The van der Waals surface area contributed by atoms with Crippen LogP contribution in [0.3, 0.4) is 0 Å². The van der Waals surface area contributed by atoms with Gasteiger partial charge in [-0.1, -0.05) is 42.0 Å². The number of hydrogen-bond acceptors (Lipinski definition) is 2. The van der Waals surface area contributed by atoms with Gasteiger partial charge in [0.15, 0.2) is 0 Å². The van der Waals surface area contributed by atoms with Crippen molar-refractivity contribution < 1.29 is 9.90 Å². The minimum Gasteiger partial charge on any atom is -0.508 e. The van der Waals surface area contributed by atoms with Crippen LogP contribution in [-0.2, 0) is 11.2 Å². The van der Waals surface area contributed by atoms with E-state index in [2.05, 4.69) is 31.2 Å². The maximum atomic E-state index is 12.4. The molecule has 1 fully saturated rings. The van der Waals surface area contributed by atoms with Gasteiger partial charge in [-0.3, -0.25) is 4.79 Å². The van der Waals surface area contributed by atoms with Crippen LogP contribution in [0.5, 0.6) is 5.75 Å². The Labute approximate surface area is 143 Å². The Balaban J connectivity index is 1.49. The van der Waals surface area contributed by atoms with Gasteiger partial charge in [-0.15, -0.1) is 0 Å². The zero-order chi connectivity index (χ0) is 16.9. The highest BCUT2D eigenvalue weighted by atomic mass is 16.3.